The molecule has 0 bridgehead atoms. The zero-order valence-corrected chi connectivity index (χ0v) is 22.9. The number of aliphatic hydroxyl groups excluding tert-OH is 1. The van der Waals surface area contributed by atoms with Crippen molar-refractivity contribution in [3.8, 4) is 0 Å². The molecule has 28 heavy (non-hydrogen) atoms. The minimum Gasteiger partial charge on any atom is -0.748 e. The minimum atomic E-state index is -4.10. The third-order valence-corrected chi connectivity index (χ3v) is 6.95. The Morgan fingerprint density at radius 3 is 1.39 bits per heavy atom. The second-order valence-corrected chi connectivity index (χ2v) is 9.79. The van der Waals surface area contributed by atoms with E-state index in [-0.39, 0.29) is 57.5 Å². The Labute approximate surface area is 218 Å². The minimum absolute atomic E-state index is 0. The Bertz CT molecular complexity index is 415. The van der Waals surface area contributed by atoms with Crippen molar-refractivity contribution >= 4 is 10.1 Å². The molecule has 0 saturated heterocycles. The summed E-state index contributed by atoms with van der Waals surface area (Å²) in [6, 6.07) is 0. The van der Waals surface area contributed by atoms with Gasteiger partial charge in [0.25, 0.3) is 0 Å². The Kier molecular flexibility index (Phi) is 24.6. The van der Waals surface area contributed by atoms with Crippen molar-refractivity contribution in [3.63, 3.8) is 0 Å². The molecule has 6 heteroatoms. The zero-order valence-electron chi connectivity index (χ0n) is 19.0. The molecule has 2 atom stereocenters. The van der Waals surface area contributed by atoms with Gasteiger partial charge in [-0.1, -0.05) is 104 Å². The normalized spacial score (nSPS) is 13.9. The summed E-state index contributed by atoms with van der Waals surface area (Å²) in [4.78, 5) is 0. The first-order valence-electron chi connectivity index (χ1n) is 11.5. The molecule has 0 heterocycles. The summed E-state index contributed by atoms with van der Waals surface area (Å²) in [5, 5.41) is 9.19. The summed E-state index contributed by atoms with van der Waals surface area (Å²) in [5.41, 5.74) is 0. The number of rotatable bonds is 20. The van der Waals surface area contributed by atoms with Crippen molar-refractivity contribution in [1.82, 2.24) is 0 Å². The fourth-order valence-electron chi connectivity index (χ4n) is 3.67. The molecule has 0 rings (SSSR count). The van der Waals surface area contributed by atoms with Gasteiger partial charge in [-0.2, -0.15) is 0 Å². The molecular formula is C22H45KO4S. The first kappa shape index (κ1) is 31.7. The molecule has 0 aromatic rings. The molecule has 1 N–H and O–H groups in total. The molecular weight excluding hydrogens is 399 g/mol. The van der Waals surface area contributed by atoms with Crippen LogP contribution in [0.2, 0.25) is 0 Å². The van der Waals surface area contributed by atoms with Crippen LogP contribution >= 0.6 is 0 Å². The summed E-state index contributed by atoms with van der Waals surface area (Å²) in [5.74, 6) is 0. The average molecular weight is 445 g/mol. The maximum atomic E-state index is 11.0. The monoisotopic (exact) mass is 444 g/mol. The van der Waals surface area contributed by atoms with Crippen molar-refractivity contribution in [2.75, 3.05) is 0 Å². The van der Waals surface area contributed by atoms with Crippen molar-refractivity contribution in [2.24, 2.45) is 0 Å². The predicted octanol–water partition coefficient (Wildman–Crippen LogP) is 3.33. The van der Waals surface area contributed by atoms with Gasteiger partial charge >= 0.3 is 51.4 Å². The molecule has 2 unspecified atom stereocenters. The molecule has 0 radical (unpaired) electrons. The molecule has 4 nitrogen and oxygen atoms in total. The molecule has 164 valence electrons. The Hall–Kier alpha value is 1.51. The molecule has 0 saturated carbocycles. The van der Waals surface area contributed by atoms with E-state index in [4.69, 9.17) is 0 Å². The smallest absolute Gasteiger partial charge is 0.748 e. The quantitative estimate of drug-likeness (QED) is 0.177. The van der Waals surface area contributed by atoms with Crippen molar-refractivity contribution in [1.29, 1.82) is 0 Å². The Balaban J connectivity index is 0. The number of aliphatic hydroxyl groups is 1. The SMILES string of the molecule is CCCCCC(O)CCCCCCCCCCCCCC(CC)S(=O)(=O)[O-].[K+]. The van der Waals surface area contributed by atoms with Crippen LogP contribution in [0.3, 0.4) is 0 Å². The van der Waals surface area contributed by atoms with E-state index in [0.29, 0.717) is 12.8 Å². The molecule has 0 aliphatic rings. The fraction of sp³-hybridized carbons (Fsp3) is 1.00. The van der Waals surface area contributed by atoms with E-state index < -0.39 is 15.4 Å². The van der Waals surface area contributed by atoms with Gasteiger partial charge in [0.2, 0.25) is 0 Å². The van der Waals surface area contributed by atoms with Gasteiger partial charge in [-0.05, 0) is 25.7 Å². The van der Waals surface area contributed by atoms with E-state index in [0.717, 1.165) is 44.9 Å². The van der Waals surface area contributed by atoms with Gasteiger partial charge in [0.1, 0.15) is 0 Å². The summed E-state index contributed by atoms with van der Waals surface area (Å²) < 4.78 is 33.0. The van der Waals surface area contributed by atoms with Crippen LogP contribution < -0.4 is 51.4 Å². The van der Waals surface area contributed by atoms with Crippen molar-refractivity contribution in [2.45, 2.75) is 141 Å². The second-order valence-electron chi connectivity index (χ2n) is 8.14. The molecule has 0 aliphatic carbocycles. The first-order chi connectivity index (χ1) is 12.9. The average Bonchev–Trinajstić information content (AvgIpc) is 2.61. The van der Waals surface area contributed by atoms with Crippen LogP contribution in [0.25, 0.3) is 0 Å². The predicted molar refractivity (Wildman–Crippen MR) is 114 cm³/mol. The molecule has 0 aromatic carbocycles. The number of hydrogen-bond donors (Lipinski definition) is 1. The largest absolute Gasteiger partial charge is 1.00 e. The maximum Gasteiger partial charge on any atom is 1.00 e. The van der Waals surface area contributed by atoms with E-state index in [9.17, 15) is 18.1 Å². The van der Waals surface area contributed by atoms with E-state index in [1.54, 1.807) is 6.92 Å². The number of unbranched alkanes of at least 4 members (excludes halogenated alkanes) is 12. The second kappa shape index (κ2) is 21.7. The molecule has 0 amide bonds. The van der Waals surface area contributed by atoms with Crippen LogP contribution in [-0.4, -0.2) is 29.4 Å². The summed E-state index contributed by atoms with van der Waals surface area (Å²) >= 11 is 0. The van der Waals surface area contributed by atoms with E-state index >= 15 is 0 Å². The first-order valence-corrected chi connectivity index (χ1v) is 13.0. The van der Waals surface area contributed by atoms with Gasteiger partial charge in [0, 0.05) is 5.25 Å². The Morgan fingerprint density at radius 2 is 1.04 bits per heavy atom. The van der Waals surface area contributed by atoms with Crippen LogP contribution in [0.1, 0.15) is 129 Å². The van der Waals surface area contributed by atoms with Crippen LogP contribution in [0.5, 0.6) is 0 Å². The number of hydrogen-bond acceptors (Lipinski definition) is 4. The maximum absolute atomic E-state index is 11.0. The van der Waals surface area contributed by atoms with Crippen LogP contribution in [0, 0.1) is 0 Å². The van der Waals surface area contributed by atoms with Crippen molar-refractivity contribution in [3.05, 3.63) is 0 Å². The van der Waals surface area contributed by atoms with Gasteiger partial charge in [0.15, 0.2) is 0 Å². The standard InChI is InChI=1S/C22H46O4S.K/c1-3-5-15-18-21(23)19-16-13-11-9-7-6-8-10-12-14-17-20-22(4-2)27(24,25)26;/h21-23H,3-20H2,1-2H3,(H,24,25,26);/q;+1/p-1. The van der Waals surface area contributed by atoms with E-state index in [1.165, 1.54) is 57.8 Å². The molecule has 0 aromatic heterocycles. The van der Waals surface area contributed by atoms with E-state index in [2.05, 4.69) is 6.92 Å². The summed E-state index contributed by atoms with van der Waals surface area (Å²) in [7, 11) is -4.10. The Morgan fingerprint density at radius 1 is 0.679 bits per heavy atom. The summed E-state index contributed by atoms with van der Waals surface area (Å²) in [6.45, 7) is 3.97. The van der Waals surface area contributed by atoms with E-state index in [1.807, 2.05) is 0 Å². The summed E-state index contributed by atoms with van der Waals surface area (Å²) in [6.07, 6.45) is 19.5. The van der Waals surface area contributed by atoms with Gasteiger partial charge in [-0.25, -0.2) is 8.42 Å². The molecule has 0 aliphatic heterocycles. The van der Waals surface area contributed by atoms with Gasteiger partial charge in [-0.3, -0.25) is 0 Å². The van der Waals surface area contributed by atoms with Gasteiger partial charge in [-0.15, -0.1) is 0 Å². The van der Waals surface area contributed by atoms with Crippen LogP contribution in [-0.2, 0) is 10.1 Å². The van der Waals surface area contributed by atoms with Crippen LogP contribution in [0.15, 0.2) is 0 Å². The third kappa shape index (κ3) is 20.8. The third-order valence-electron chi connectivity index (χ3n) is 5.57. The van der Waals surface area contributed by atoms with Gasteiger partial charge < -0.3 is 9.66 Å². The fourth-order valence-corrected chi connectivity index (χ4v) is 4.53. The van der Waals surface area contributed by atoms with Crippen molar-refractivity contribution < 1.29 is 69.5 Å². The molecule has 0 spiro atoms. The zero-order chi connectivity index (χ0) is 20.4. The van der Waals surface area contributed by atoms with Gasteiger partial charge in [0.05, 0.1) is 16.2 Å². The topological polar surface area (TPSA) is 77.4 Å². The molecule has 0 fully saturated rings. The van der Waals surface area contributed by atoms with Crippen LogP contribution in [0.4, 0.5) is 0 Å².